The van der Waals surface area contributed by atoms with Crippen molar-refractivity contribution in [3.63, 3.8) is 0 Å². The predicted octanol–water partition coefficient (Wildman–Crippen LogP) is 1.70. The molecule has 1 saturated heterocycles. The van der Waals surface area contributed by atoms with Crippen LogP contribution >= 0.6 is 0 Å². The fourth-order valence-corrected chi connectivity index (χ4v) is 2.30. The van der Waals surface area contributed by atoms with Crippen LogP contribution in [0.3, 0.4) is 0 Å². The van der Waals surface area contributed by atoms with Crippen LogP contribution < -0.4 is 10.2 Å². The zero-order valence-electron chi connectivity index (χ0n) is 14.7. The highest BCUT2D eigenvalue weighted by molar-refractivity contribution is 5.86. The van der Waals surface area contributed by atoms with Gasteiger partial charge in [-0.3, -0.25) is 4.79 Å². The van der Waals surface area contributed by atoms with E-state index in [2.05, 4.69) is 36.0 Å². The third-order valence-corrected chi connectivity index (χ3v) is 3.43. The molecule has 0 radical (unpaired) electrons. The van der Waals surface area contributed by atoms with Gasteiger partial charge in [0, 0.05) is 31.9 Å². The lowest BCUT2D eigenvalue weighted by Gasteiger charge is -2.28. The zero-order valence-corrected chi connectivity index (χ0v) is 14.7. The number of nitrogens with zero attached hydrogens (tertiary/aromatic N) is 4. The maximum absolute atomic E-state index is 9.60. The Hall–Kier alpha value is -2.28. The van der Waals surface area contributed by atoms with Crippen LogP contribution in [0.2, 0.25) is 0 Å². The summed E-state index contributed by atoms with van der Waals surface area (Å²) in [5.74, 6) is 1.00. The second-order valence-electron chi connectivity index (χ2n) is 6.58. The molecule has 0 amide bonds. The number of ether oxygens (including phenoxy) is 1. The number of nitrogens with one attached hydrogen (secondary N) is 1. The standard InChI is InChI=1S/C12H15N5.C5H10O2/c1-9-2-3-10-11(16-9)14-8-15-12(10)17-6-4-13-5-7-17;1-5(2,3)7-4-6/h2-3,8,13H,4-7H2,1H3;4H,1-3H3. The molecule has 0 bridgehead atoms. The molecular weight excluding hydrogens is 306 g/mol. The maximum atomic E-state index is 9.60. The normalized spacial score (nSPS) is 14.8. The molecule has 24 heavy (non-hydrogen) atoms. The van der Waals surface area contributed by atoms with Gasteiger partial charge >= 0.3 is 0 Å². The first-order valence-electron chi connectivity index (χ1n) is 8.06. The molecule has 130 valence electrons. The van der Waals surface area contributed by atoms with Crippen molar-refractivity contribution < 1.29 is 9.53 Å². The van der Waals surface area contributed by atoms with E-state index >= 15 is 0 Å². The number of carbonyl (C=O) groups excluding carboxylic acids is 1. The Labute approximate surface area is 142 Å². The van der Waals surface area contributed by atoms with Gasteiger partial charge in [0.15, 0.2) is 5.65 Å². The fraction of sp³-hybridized carbons (Fsp3) is 0.529. The quantitative estimate of drug-likeness (QED) is 0.839. The molecule has 0 unspecified atom stereocenters. The molecule has 1 N–H and O–H groups in total. The number of carbonyl (C=O) groups is 1. The van der Waals surface area contributed by atoms with E-state index in [1.54, 1.807) is 6.33 Å². The molecule has 2 aromatic heterocycles. The molecule has 1 aliphatic heterocycles. The average molecular weight is 331 g/mol. The van der Waals surface area contributed by atoms with Crippen LogP contribution in [-0.4, -0.2) is 53.2 Å². The summed E-state index contributed by atoms with van der Waals surface area (Å²) in [4.78, 5) is 25.0. The zero-order chi connectivity index (χ0) is 17.6. The molecule has 1 aliphatic rings. The Morgan fingerprint density at radius 1 is 1.21 bits per heavy atom. The largest absolute Gasteiger partial charge is 0.462 e. The summed E-state index contributed by atoms with van der Waals surface area (Å²) in [5.41, 5.74) is 1.46. The molecule has 0 spiro atoms. The Balaban J connectivity index is 0.000000256. The van der Waals surface area contributed by atoms with Gasteiger partial charge in [-0.15, -0.1) is 0 Å². The number of hydrogen-bond donors (Lipinski definition) is 1. The van der Waals surface area contributed by atoms with Crippen LogP contribution in [-0.2, 0) is 9.53 Å². The van der Waals surface area contributed by atoms with Crippen LogP contribution in [0.4, 0.5) is 5.82 Å². The van der Waals surface area contributed by atoms with Crippen LogP contribution in [0.15, 0.2) is 18.5 Å². The summed E-state index contributed by atoms with van der Waals surface area (Å²) < 4.78 is 4.55. The monoisotopic (exact) mass is 331 g/mol. The number of piperazine rings is 1. The minimum absolute atomic E-state index is 0.318. The average Bonchev–Trinajstić information content (AvgIpc) is 2.54. The van der Waals surface area contributed by atoms with Crippen LogP contribution in [0.1, 0.15) is 26.5 Å². The van der Waals surface area contributed by atoms with Crippen molar-refractivity contribution in [2.75, 3.05) is 31.1 Å². The van der Waals surface area contributed by atoms with Crippen LogP contribution in [0, 0.1) is 6.92 Å². The number of anilines is 1. The number of fused-ring (bicyclic) bond motifs is 1. The smallest absolute Gasteiger partial charge is 0.293 e. The van der Waals surface area contributed by atoms with Crippen LogP contribution in [0.25, 0.3) is 11.0 Å². The van der Waals surface area contributed by atoms with Gasteiger partial charge in [-0.1, -0.05) is 0 Å². The van der Waals surface area contributed by atoms with E-state index in [1.807, 2.05) is 33.8 Å². The van der Waals surface area contributed by atoms with E-state index in [0.29, 0.717) is 6.47 Å². The summed E-state index contributed by atoms with van der Waals surface area (Å²) in [6.45, 7) is 11.9. The molecular formula is C17H25N5O2. The third kappa shape index (κ3) is 5.13. The predicted molar refractivity (Wildman–Crippen MR) is 94.1 cm³/mol. The number of pyridine rings is 1. The molecule has 3 heterocycles. The molecule has 0 atom stereocenters. The summed E-state index contributed by atoms with van der Waals surface area (Å²) in [6.07, 6.45) is 1.60. The molecule has 2 aromatic rings. The SMILES string of the molecule is CC(C)(C)OC=O.Cc1ccc2c(N3CCNCC3)ncnc2n1. The topological polar surface area (TPSA) is 80.2 Å². The first kappa shape index (κ1) is 18.1. The van der Waals surface area contributed by atoms with Gasteiger partial charge in [-0.2, -0.15) is 0 Å². The molecule has 0 aliphatic carbocycles. The van der Waals surface area contributed by atoms with Crippen molar-refractivity contribution >= 4 is 23.3 Å². The molecule has 1 fully saturated rings. The van der Waals surface area contributed by atoms with E-state index in [9.17, 15) is 4.79 Å². The van der Waals surface area contributed by atoms with Crippen molar-refractivity contribution in [1.82, 2.24) is 20.3 Å². The van der Waals surface area contributed by atoms with Gasteiger partial charge in [0.05, 0.1) is 5.39 Å². The molecule has 7 heteroatoms. The van der Waals surface area contributed by atoms with Gasteiger partial charge in [0.25, 0.3) is 6.47 Å². The van der Waals surface area contributed by atoms with Gasteiger partial charge in [-0.25, -0.2) is 15.0 Å². The van der Waals surface area contributed by atoms with E-state index in [1.165, 1.54) is 0 Å². The second-order valence-corrected chi connectivity index (χ2v) is 6.58. The number of rotatable bonds is 2. The van der Waals surface area contributed by atoms with Gasteiger partial charge in [0.1, 0.15) is 17.7 Å². The molecule has 3 rings (SSSR count). The Bertz CT molecular complexity index is 678. The van der Waals surface area contributed by atoms with Gasteiger partial charge in [-0.05, 0) is 39.8 Å². The Morgan fingerprint density at radius 2 is 1.92 bits per heavy atom. The highest BCUT2D eigenvalue weighted by Crippen LogP contribution is 2.21. The lowest BCUT2D eigenvalue weighted by atomic mass is 10.2. The van der Waals surface area contributed by atoms with Crippen molar-refractivity contribution in [2.45, 2.75) is 33.3 Å². The van der Waals surface area contributed by atoms with Gasteiger partial charge in [0.2, 0.25) is 0 Å². The maximum Gasteiger partial charge on any atom is 0.293 e. The van der Waals surface area contributed by atoms with Crippen LogP contribution in [0.5, 0.6) is 0 Å². The Morgan fingerprint density at radius 3 is 2.50 bits per heavy atom. The first-order valence-corrected chi connectivity index (χ1v) is 8.06. The minimum atomic E-state index is -0.318. The van der Waals surface area contributed by atoms with Crippen molar-refractivity contribution in [2.24, 2.45) is 0 Å². The van der Waals surface area contributed by atoms with Crippen molar-refractivity contribution in [3.05, 3.63) is 24.2 Å². The van der Waals surface area contributed by atoms with E-state index in [4.69, 9.17) is 0 Å². The molecule has 0 saturated carbocycles. The van der Waals surface area contributed by atoms with E-state index in [-0.39, 0.29) is 5.60 Å². The summed E-state index contributed by atoms with van der Waals surface area (Å²) in [5, 5.41) is 4.38. The highest BCUT2D eigenvalue weighted by Gasteiger charge is 2.15. The lowest BCUT2D eigenvalue weighted by Crippen LogP contribution is -2.44. The second kappa shape index (κ2) is 8.01. The van der Waals surface area contributed by atoms with Crippen molar-refractivity contribution in [3.8, 4) is 0 Å². The summed E-state index contributed by atoms with van der Waals surface area (Å²) in [6, 6.07) is 4.08. The number of hydrogen-bond acceptors (Lipinski definition) is 7. The van der Waals surface area contributed by atoms with Gasteiger partial charge < -0.3 is 15.0 Å². The summed E-state index contributed by atoms with van der Waals surface area (Å²) in [7, 11) is 0. The highest BCUT2D eigenvalue weighted by atomic mass is 16.5. The fourth-order valence-electron chi connectivity index (χ4n) is 2.30. The Kier molecular flexibility index (Phi) is 6.03. The van der Waals surface area contributed by atoms with E-state index in [0.717, 1.165) is 48.7 Å². The number of aromatic nitrogens is 3. The third-order valence-electron chi connectivity index (χ3n) is 3.43. The molecule has 7 nitrogen and oxygen atoms in total. The summed E-state index contributed by atoms with van der Waals surface area (Å²) >= 11 is 0. The van der Waals surface area contributed by atoms with Crippen molar-refractivity contribution in [1.29, 1.82) is 0 Å². The number of aryl methyl sites for hydroxylation is 1. The lowest BCUT2D eigenvalue weighted by molar-refractivity contribution is -0.138. The molecule has 0 aromatic carbocycles. The minimum Gasteiger partial charge on any atom is -0.462 e. The first-order chi connectivity index (χ1) is 11.4. The van der Waals surface area contributed by atoms with E-state index < -0.39 is 0 Å².